The molecule has 1 aliphatic rings. The van der Waals surface area contributed by atoms with Crippen molar-refractivity contribution in [3.8, 4) is 11.3 Å². The summed E-state index contributed by atoms with van der Waals surface area (Å²) in [6.45, 7) is 11.0. The van der Waals surface area contributed by atoms with Crippen molar-refractivity contribution in [3.63, 3.8) is 0 Å². The van der Waals surface area contributed by atoms with Gasteiger partial charge in [0.1, 0.15) is 5.82 Å². The number of likely N-dealkylation sites (N-methyl/N-ethyl adjacent to an activating group) is 1. The molecule has 2 aromatic heterocycles. The van der Waals surface area contributed by atoms with Gasteiger partial charge in [0.2, 0.25) is 0 Å². The van der Waals surface area contributed by atoms with Crippen molar-refractivity contribution < 1.29 is 4.39 Å². The monoisotopic (exact) mass is 475 g/mol. The van der Waals surface area contributed by atoms with Crippen LogP contribution in [-0.4, -0.2) is 54.6 Å². The van der Waals surface area contributed by atoms with Gasteiger partial charge in [-0.25, -0.2) is 14.1 Å². The van der Waals surface area contributed by atoms with Crippen LogP contribution in [0.2, 0.25) is 0 Å². The van der Waals surface area contributed by atoms with E-state index in [1.54, 1.807) is 17.1 Å². The molecule has 1 unspecified atom stereocenters. The number of hydrogen-bond donors (Lipinski definition) is 2. The number of imidazole rings is 1. The molecule has 1 aliphatic heterocycles. The summed E-state index contributed by atoms with van der Waals surface area (Å²) in [5.41, 5.74) is 4.87. The summed E-state index contributed by atoms with van der Waals surface area (Å²) in [4.78, 5) is 10.6. The Morgan fingerprint density at radius 2 is 1.89 bits per heavy atom. The molecule has 0 radical (unpaired) electrons. The number of pyridine rings is 1. The Kier molecular flexibility index (Phi) is 8.68. The van der Waals surface area contributed by atoms with Crippen LogP contribution in [0.1, 0.15) is 24.7 Å². The Morgan fingerprint density at radius 1 is 1.17 bits per heavy atom. The van der Waals surface area contributed by atoms with Crippen LogP contribution in [0, 0.1) is 5.82 Å². The van der Waals surface area contributed by atoms with Gasteiger partial charge in [0.25, 0.3) is 0 Å². The molecule has 3 aromatic rings. The molecular formula is C27H34FN7. The van der Waals surface area contributed by atoms with Gasteiger partial charge in [-0.3, -0.25) is 4.98 Å². The van der Waals surface area contributed by atoms with Crippen molar-refractivity contribution in [1.29, 1.82) is 0 Å². The molecule has 1 saturated heterocycles. The molecule has 4 rings (SSSR count). The molecule has 0 spiro atoms. The normalized spacial score (nSPS) is 17.5. The van der Waals surface area contributed by atoms with Crippen molar-refractivity contribution in [2.24, 2.45) is 5.10 Å². The third-order valence-corrected chi connectivity index (χ3v) is 5.85. The minimum atomic E-state index is -0.344. The Labute approximate surface area is 207 Å². The Hall–Kier alpha value is -3.62. The number of hydrogen-bond acceptors (Lipinski definition) is 6. The molecule has 2 N–H and O–H groups in total. The standard InChI is InChI=1S/C25H27FN6.C2H7N/c1-18-13-25(2,27-3)17-31(18)22-10-8-20(9-11-22)23-16-30-24(32(23)28-4)7-5-6-19-12-21(26)15-29-14-19;1-3-2/h5,7-12,14-16,27H,1,4,6,13,17H2,2-3H3;3H,1-2H3/b7-5-;. The number of benzene rings is 1. The van der Waals surface area contributed by atoms with E-state index in [-0.39, 0.29) is 11.4 Å². The van der Waals surface area contributed by atoms with Crippen molar-refractivity contribution in [1.82, 2.24) is 25.3 Å². The second kappa shape index (κ2) is 11.7. The van der Waals surface area contributed by atoms with Gasteiger partial charge in [0.15, 0.2) is 5.82 Å². The lowest BCUT2D eigenvalue weighted by molar-refractivity contribution is 0.433. The van der Waals surface area contributed by atoms with Crippen LogP contribution >= 0.6 is 0 Å². The molecule has 1 fully saturated rings. The molecule has 1 atom stereocenters. The molecule has 0 saturated carbocycles. The highest BCUT2D eigenvalue weighted by molar-refractivity contribution is 5.66. The Bertz CT molecular complexity index is 1180. The van der Waals surface area contributed by atoms with Crippen LogP contribution in [0.15, 0.2) is 72.4 Å². The summed E-state index contributed by atoms with van der Waals surface area (Å²) in [6.07, 6.45) is 9.84. The highest BCUT2D eigenvalue weighted by Gasteiger charge is 2.35. The van der Waals surface area contributed by atoms with Gasteiger partial charge >= 0.3 is 0 Å². The number of halogens is 1. The zero-order valence-electron chi connectivity index (χ0n) is 20.9. The number of anilines is 1. The lowest BCUT2D eigenvalue weighted by Gasteiger charge is -2.24. The minimum Gasteiger partial charge on any atom is -0.344 e. The van der Waals surface area contributed by atoms with Gasteiger partial charge < -0.3 is 15.5 Å². The molecule has 8 heteroatoms. The van der Waals surface area contributed by atoms with E-state index in [1.165, 1.54) is 12.3 Å². The van der Waals surface area contributed by atoms with E-state index in [1.807, 2.05) is 33.3 Å². The molecule has 0 amide bonds. The van der Waals surface area contributed by atoms with Crippen molar-refractivity contribution >= 4 is 18.5 Å². The Balaban J connectivity index is 0.00000108. The summed E-state index contributed by atoms with van der Waals surface area (Å²) in [6, 6.07) is 9.77. The maximum absolute atomic E-state index is 13.3. The summed E-state index contributed by atoms with van der Waals surface area (Å²) in [5, 5.41) is 10.3. The fourth-order valence-corrected chi connectivity index (χ4v) is 4.00. The lowest BCUT2D eigenvalue weighted by Crippen LogP contribution is -2.42. The molecule has 35 heavy (non-hydrogen) atoms. The van der Waals surface area contributed by atoms with Gasteiger partial charge in [-0.05, 0) is 64.3 Å². The predicted molar refractivity (Wildman–Crippen MR) is 143 cm³/mol. The average molecular weight is 476 g/mol. The zero-order chi connectivity index (χ0) is 25.4. The lowest BCUT2D eigenvalue weighted by atomic mass is 10.0. The largest absolute Gasteiger partial charge is 0.344 e. The van der Waals surface area contributed by atoms with E-state index >= 15 is 0 Å². The molecule has 0 bridgehead atoms. The van der Waals surface area contributed by atoms with E-state index < -0.39 is 0 Å². The summed E-state index contributed by atoms with van der Waals surface area (Å²) >= 11 is 0. The van der Waals surface area contributed by atoms with E-state index in [0.29, 0.717) is 12.2 Å². The fraction of sp³-hybridized carbons (Fsp3) is 0.296. The molecule has 3 heterocycles. The molecule has 184 valence electrons. The number of rotatable bonds is 7. The van der Waals surface area contributed by atoms with Gasteiger partial charge in [-0.2, -0.15) is 5.10 Å². The summed E-state index contributed by atoms with van der Waals surface area (Å²) in [7, 11) is 5.74. The van der Waals surface area contributed by atoms with Crippen LogP contribution in [0.3, 0.4) is 0 Å². The van der Waals surface area contributed by atoms with Gasteiger partial charge in [0.05, 0.1) is 18.1 Å². The number of allylic oxidation sites excluding steroid dienone is 1. The summed E-state index contributed by atoms with van der Waals surface area (Å²) in [5.74, 6) is 0.310. The average Bonchev–Trinajstić information content (AvgIpc) is 3.40. The van der Waals surface area contributed by atoms with Gasteiger partial charge in [0, 0.05) is 48.4 Å². The van der Waals surface area contributed by atoms with Gasteiger partial charge in [-0.1, -0.05) is 24.8 Å². The van der Waals surface area contributed by atoms with Crippen molar-refractivity contribution in [2.45, 2.75) is 25.3 Å². The number of aromatic nitrogens is 3. The minimum absolute atomic E-state index is 0.0317. The highest BCUT2D eigenvalue weighted by Crippen LogP contribution is 2.34. The smallest absolute Gasteiger partial charge is 0.153 e. The van der Waals surface area contributed by atoms with Crippen LogP contribution in [-0.2, 0) is 6.42 Å². The maximum Gasteiger partial charge on any atom is 0.153 e. The Morgan fingerprint density at radius 3 is 2.49 bits per heavy atom. The fourth-order valence-electron chi connectivity index (χ4n) is 4.00. The van der Waals surface area contributed by atoms with Gasteiger partial charge in [-0.15, -0.1) is 0 Å². The second-order valence-corrected chi connectivity index (χ2v) is 8.76. The van der Waals surface area contributed by atoms with E-state index in [4.69, 9.17) is 0 Å². The molecule has 1 aromatic carbocycles. The quantitative estimate of drug-likeness (QED) is 0.498. The third kappa shape index (κ3) is 6.29. The third-order valence-electron chi connectivity index (χ3n) is 5.85. The summed E-state index contributed by atoms with van der Waals surface area (Å²) < 4.78 is 15.0. The first kappa shape index (κ1) is 26.0. The first-order valence-corrected chi connectivity index (χ1v) is 11.5. The first-order valence-electron chi connectivity index (χ1n) is 11.5. The highest BCUT2D eigenvalue weighted by atomic mass is 19.1. The molecule has 0 aliphatic carbocycles. The van der Waals surface area contributed by atoms with E-state index in [9.17, 15) is 4.39 Å². The first-order chi connectivity index (χ1) is 16.8. The molecular weight excluding hydrogens is 441 g/mol. The zero-order valence-corrected chi connectivity index (χ0v) is 20.9. The number of nitrogens with one attached hydrogen (secondary N) is 2. The second-order valence-electron chi connectivity index (χ2n) is 8.76. The molecule has 7 nitrogen and oxygen atoms in total. The topological polar surface area (TPSA) is 70.4 Å². The SMILES string of the molecule is C=Nn1c(-c2ccc(N3CC(C)(NC)CC3=C)cc2)cnc1/C=C\Cc1cncc(F)c1.CNC. The van der Waals surface area contributed by atoms with E-state index in [0.717, 1.165) is 41.2 Å². The maximum atomic E-state index is 13.3. The number of nitrogens with zero attached hydrogens (tertiary/aromatic N) is 5. The van der Waals surface area contributed by atoms with Crippen LogP contribution in [0.4, 0.5) is 10.1 Å². The van der Waals surface area contributed by atoms with E-state index in [2.05, 4.69) is 75.1 Å². The van der Waals surface area contributed by atoms with Crippen LogP contribution in [0.5, 0.6) is 0 Å². The van der Waals surface area contributed by atoms with Crippen molar-refractivity contribution in [2.75, 3.05) is 32.6 Å². The van der Waals surface area contributed by atoms with Crippen LogP contribution in [0.25, 0.3) is 17.3 Å². The predicted octanol–water partition coefficient (Wildman–Crippen LogP) is 4.34. The van der Waals surface area contributed by atoms with Crippen molar-refractivity contribution in [3.05, 3.63) is 84.5 Å². The van der Waals surface area contributed by atoms with Crippen LogP contribution < -0.4 is 15.5 Å².